The molecule has 2 heterocycles. The Balaban J connectivity index is 2.00. The van der Waals surface area contributed by atoms with E-state index in [1.165, 1.54) is 33.9 Å². The number of rotatable bonds is 1. The molecule has 17 heavy (non-hydrogen) atoms. The van der Waals surface area contributed by atoms with Crippen molar-refractivity contribution in [1.82, 2.24) is 4.98 Å². The van der Waals surface area contributed by atoms with Crippen molar-refractivity contribution in [3.05, 3.63) is 42.7 Å². The molecule has 1 aliphatic heterocycles. The van der Waals surface area contributed by atoms with Gasteiger partial charge in [0.15, 0.2) is 0 Å². The molecule has 1 N–H and O–H groups in total. The molecule has 0 saturated heterocycles. The van der Waals surface area contributed by atoms with Crippen molar-refractivity contribution >= 4 is 17.4 Å². The Morgan fingerprint density at radius 1 is 1.18 bits per heavy atom. The number of nitrogens with zero attached hydrogens (tertiary/aromatic N) is 1. The number of hydrogen-bond acceptors (Lipinski definition) is 3. The van der Waals surface area contributed by atoms with Gasteiger partial charge in [0, 0.05) is 35.1 Å². The molecule has 3 heteroatoms. The summed E-state index contributed by atoms with van der Waals surface area (Å²) in [5, 5.41) is 3.47. The number of hydrogen-bond donors (Lipinski definition) is 1. The number of nitrogens with one attached hydrogen (secondary N) is 1. The molecule has 1 aromatic heterocycles. The quantitative estimate of drug-likeness (QED) is 0.826. The molecule has 1 aromatic carbocycles. The second kappa shape index (κ2) is 4.80. The highest BCUT2D eigenvalue weighted by atomic mass is 32.2. The van der Waals surface area contributed by atoms with Crippen LogP contribution in [0.25, 0.3) is 11.1 Å². The summed E-state index contributed by atoms with van der Waals surface area (Å²) in [6.07, 6.45) is 4.95. The Kier molecular flexibility index (Phi) is 3.01. The molecule has 0 radical (unpaired) electrons. The minimum atomic E-state index is 1.08. The topological polar surface area (TPSA) is 24.9 Å². The van der Waals surface area contributed by atoms with E-state index in [4.69, 9.17) is 0 Å². The van der Waals surface area contributed by atoms with Crippen molar-refractivity contribution in [3.8, 4) is 11.1 Å². The molecule has 0 atom stereocenters. The Labute approximate surface area is 105 Å². The highest BCUT2D eigenvalue weighted by molar-refractivity contribution is 7.99. The van der Waals surface area contributed by atoms with Crippen LogP contribution in [0.15, 0.2) is 47.6 Å². The van der Waals surface area contributed by atoms with Crippen LogP contribution in [-0.2, 0) is 0 Å². The van der Waals surface area contributed by atoms with Crippen LogP contribution in [-0.4, -0.2) is 17.3 Å². The van der Waals surface area contributed by atoms with Gasteiger partial charge in [0.2, 0.25) is 0 Å². The third-order valence-corrected chi connectivity index (χ3v) is 4.01. The largest absolute Gasteiger partial charge is 0.384 e. The van der Waals surface area contributed by atoms with E-state index in [1.54, 1.807) is 0 Å². The van der Waals surface area contributed by atoms with Crippen LogP contribution in [0.2, 0.25) is 0 Å². The zero-order valence-electron chi connectivity index (χ0n) is 9.52. The average molecular weight is 242 g/mol. The SMILES string of the molecule is c1cncc(-c2ccc3c(c2)SCCCN3)c1. The summed E-state index contributed by atoms with van der Waals surface area (Å²) in [6.45, 7) is 1.08. The summed E-state index contributed by atoms with van der Waals surface area (Å²) in [7, 11) is 0. The standard InChI is InChI=1S/C14H14N2S/c1-3-12(10-15-6-1)11-4-5-13-14(9-11)17-8-2-7-16-13/h1,3-6,9-10,16H,2,7-8H2. The van der Waals surface area contributed by atoms with Crippen molar-refractivity contribution < 1.29 is 0 Å². The Hall–Kier alpha value is -1.48. The first-order valence-electron chi connectivity index (χ1n) is 5.84. The lowest BCUT2D eigenvalue weighted by molar-refractivity contribution is 0.999. The molecule has 0 unspecified atom stereocenters. The maximum atomic E-state index is 4.17. The summed E-state index contributed by atoms with van der Waals surface area (Å²) < 4.78 is 0. The normalized spacial score (nSPS) is 14.6. The van der Waals surface area contributed by atoms with Gasteiger partial charge < -0.3 is 5.32 Å². The zero-order chi connectivity index (χ0) is 11.5. The van der Waals surface area contributed by atoms with Gasteiger partial charge in [-0.05, 0) is 35.9 Å². The molecule has 0 spiro atoms. The lowest BCUT2D eigenvalue weighted by Crippen LogP contribution is -1.99. The first-order valence-corrected chi connectivity index (χ1v) is 6.83. The van der Waals surface area contributed by atoms with Gasteiger partial charge in [0.1, 0.15) is 0 Å². The highest BCUT2D eigenvalue weighted by Crippen LogP contribution is 2.33. The predicted molar refractivity (Wildman–Crippen MR) is 73.5 cm³/mol. The molecule has 0 bridgehead atoms. The van der Waals surface area contributed by atoms with Gasteiger partial charge in [-0.15, -0.1) is 11.8 Å². The van der Waals surface area contributed by atoms with E-state index in [1.807, 2.05) is 30.2 Å². The fourth-order valence-corrected chi connectivity index (χ4v) is 2.99. The Morgan fingerprint density at radius 2 is 2.18 bits per heavy atom. The summed E-state index contributed by atoms with van der Waals surface area (Å²) >= 11 is 1.94. The van der Waals surface area contributed by atoms with Gasteiger partial charge in [0.05, 0.1) is 0 Å². The molecular weight excluding hydrogens is 228 g/mol. The number of pyridine rings is 1. The van der Waals surface area contributed by atoms with Crippen LogP contribution >= 0.6 is 11.8 Å². The molecule has 0 fully saturated rings. The molecule has 0 aliphatic carbocycles. The Morgan fingerprint density at radius 3 is 3.06 bits per heavy atom. The van der Waals surface area contributed by atoms with E-state index >= 15 is 0 Å². The maximum Gasteiger partial charge on any atom is 0.0478 e. The van der Waals surface area contributed by atoms with E-state index in [9.17, 15) is 0 Å². The highest BCUT2D eigenvalue weighted by Gasteiger charge is 2.08. The predicted octanol–water partition coefficient (Wildman–Crippen LogP) is 3.66. The molecule has 0 saturated carbocycles. The van der Waals surface area contributed by atoms with Crippen molar-refractivity contribution in [2.75, 3.05) is 17.6 Å². The first kappa shape index (κ1) is 10.7. The molecule has 0 amide bonds. The van der Waals surface area contributed by atoms with E-state index < -0.39 is 0 Å². The molecule has 2 aromatic rings. The van der Waals surface area contributed by atoms with Crippen LogP contribution in [0.3, 0.4) is 0 Å². The van der Waals surface area contributed by atoms with Gasteiger partial charge in [-0.25, -0.2) is 0 Å². The van der Waals surface area contributed by atoms with Gasteiger partial charge in [-0.2, -0.15) is 0 Å². The minimum absolute atomic E-state index is 1.08. The van der Waals surface area contributed by atoms with Gasteiger partial charge in [-0.1, -0.05) is 12.1 Å². The van der Waals surface area contributed by atoms with Crippen molar-refractivity contribution in [2.45, 2.75) is 11.3 Å². The van der Waals surface area contributed by atoms with E-state index in [0.29, 0.717) is 0 Å². The van der Waals surface area contributed by atoms with Gasteiger partial charge in [-0.3, -0.25) is 4.98 Å². The van der Waals surface area contributed by atoms with Crippen molar-refractivity contribution in [3.63, 3.8) is 0 Å². The molecule has 86 valence electrons. The molecule has 2 nitrogen and oxygen atoms in total. The smallest absolute Gasteiger partial charge is 0.0478 e. The fourth-order valence-electron chi connectivity index (χ4n) is 1.98. The number of anilines is 1. The van der Waals surface area contributed by atoms with Crippen molar-refractivity contribution in [1.29, 1.82) is 0 Å². The van der Waals surface area contributed by atoms with Gasteiger partial charge >= 0.3 is 0 Å². The van der Waals surface area contributed by atoms with Gasteiger partial charge in [0.25, 0.3) is 0 Å². The third-order valence-electron chi connectivity index (χ3n) is 2.87. The van der Waals surface area contributed by atoms with Crippen LogP contribution < -0.4 is 5.32 Å². The summed E-state index contributed by atoms with van der Waals surface area (Å²) in [5.74, 6) is 1.19. The van der Waals surface area contributed by atoms with Crippen LogP contribution in [0.1, 0.15) is 6.42 Å². The first-order chi connectivity index (χ1) is 8.43. The van der Waals surface area contributed by atoms with E-state index in [-0.39, 0.29) is 0 Å². The lowest BCUT2D eigenvalue weighted by Gasteiger charge is -2.09. The van der Waals surface area contributed by atoms with E-state index in [2.05, 4.69) is 34.6 Å². The number of aromatic nitrogens is 1. The van der Waals surface area contributed by atoms with Crippen LogP contribution in [0.4, 0.5) is 5.69 Å². The van der Waals surface area contributed by atoms with Crippen LogP contribution in [0.5, 0.6) is 0 Å². The molecule has 3 rings (SSSR count). The second-order valence-electron chi connectivity index (χ2n) is 4.08. The molecular formula is C14H14N2S. The fraction of sp³-hybridized carbons (Fsp3) is 0.214. The molecule has 1 aliphatic rings. The van der Waals surface area contributed by atoms with Crippen LogP contribution in [0, 0.1) is 0 Å². The number of thioether (sulfide) groups is 1. The monoisotopic (exact) mass is 242 g/mol. The number of benzene rings is 1. The summed E-state index contributed by atoms with van der Waals surface area (Å²) in [5.41, 5.74) is 3.69. The second-order valence-corrected chi connectivity index (χ2v) is 5.22. The van der Waals surface area contributed by atoms with E-state index in [0.717, 1.165) is 6.54 Å². The summed E-state index contributed by atoms with van der Waals surface area (Å²) in [6, 6.07) is 10.7. The zero-order valence-corrected chi connectivity index (χ0v) is 10.3. The average Bonchev–Trinajstić information content (AvgIpc) is 2.64. The maximum absolute atomic E-state index is 4.17. The summed E-state index contributed by atoms with van der Waals surface area (Å²) in [4.78, 5) is 5.52. The number of fused-ring (bicyclic) bond motifs is 1. The van der Waals surface area contributed by atoms with Crippen molar-refractivity contribution in [2.24, 2.45) is 0 Å². The lowest BCUT2D eigenvalue weighted by atomic mass is 10.1. The minimum Gasteiger partial charge on any atom is -0.384 e. The Bertz CT molecular complexity index is 511. The third kappa shape index (κ3) is 2.29.